The molecule has 1 N–H and O–H groups in total. The molecule has 0 fully saturated rings. The van der Waals surface area contributed by atoms with Crippen molar-refractivity contribution in [3.8, 4) is 5.69 Å². The Morgan fingerprint density at radius 2 is 2.10 bits per heavy atom. The number of carbonyl (C=O) groups is 1. The molecule has 0 saturated heterocycles. The lowest BCUT2D eigenvalue weighted by Crippen LogP contribution is -2.30. The van der Waals surface area contributed by atoms with E-state index < -0.39 is 6.09 Å². The monoisotopic (exact) mass is 425 g/mol. The first-order valence-electron chi connectivity index (χ1n) is 10.1. The third kappa shape index (κ3) is 5.18. The molecule has 0 aliphatic heterocycles. The summed E-state index contributed by atoms with van der Waals surface area (Å²) in [6.07, 6.45) is 5.14. The highest BCUT2D eigenvalue weighted by Crippen LogP contribution is 2.25. The van der Waals surface area contributed by atoms with Crippen molar-refractivity contribution in [2.45, 2.75) is 33.2 Å². The summed E-state index contributed by atoms with van der Waals surface area (Å²) in [7, 11) is 1.63. The van der Waals surface area contributed by atoms with Gasteiger partial charge < -0.3 is 9.84 Å². The maximum Gasteiger partial charge on any atom is 0.411 e. The Labute approximate surface area is 180 Å². The molecule has 3 aromatic rings. The van der Waals surface area contributed by atoms with E-state index in [2.05, 4.69) is 10.2 Å². The van der Waals surface area contributed by atoms with Crippen molar-refractivity contribution in [3.63, 3.8) is 0 Å². The summed E-state index contributed by atoms with van der Waals surface area (Å²) in [5.74, 6) is 0. The average molecular weight is 425 g/mol. The SMILES string of the molecule is CCCN(C(=O)O)c1cccc(Cc2nn(-c3cnn(CCOC)c3)ccc2=O)c1C. The Morgan fingerprint density at radius 3 is 2.81 bits per heavy atom. The predicted octanol–water partition coefficient (Wildman–Crippen LogP) is 2.87. The van der Waals surface area contributed by atoms with E-state index in [-0.39, 0.29) is 5.43 Å². The van der Waals surface area contributed by atoms with Gasteiger partial charge in [-0.2, -0.15) is 10.2 Å². The molecule has 0 bridgehead atoms. The first-order valence-corrected chi connectivity index (χ1v) is 10.1. The highest BCUT2D eigenvalue weighted by molar-refractivity contribution is 5.87. The van der Waals surface area contributed by atoms with E-state index in [1.807, 2.05) is 32.2 Å². The van der Waals surface area contributed by atoms with Crippen LogP contribution in [0.4, 0.5) is 10.5 Å². The summed E-state index contributed by atoms with van der Waals surface area (Å²) in [6.45, 7) is 5.38. The van der Waals surface area contributed by atoms with Crippen LogP contribution in [0.5, 0.6) is 0 Å². The lowest BCUT2D eigenvalue weighted by atomic mass is 10.0. The van der Waals surface area contributed by atoms with Crippen molar-refractivity contribution in [2.24, 2.45) is 0 Å². The minimum absolute atomic E-state index is 0.170. The molecule has 0 spiro atoms. The van der Waals surface area contributed by atoms with E-state index in [4.69, 9.17) is 4.74 Å². The van der Waals surface area contributed by atoms with Crippen molar-refractivity contribution >= 4 is 11.8 Å². The third-order valence-electron chi connectivity index (χ3n) is 5.03. The molecule has 31 heavy (non-hydrogen) atoms. The molecule has 0 unspecified atom stereocenters. The van der Waals surface area contributed by atoms with Crippen molar-refractivity contribution < 1.29 is 14.6 Å². The topological polar surface area (TPSA) is 102 Å². The molecular weight excluding hydrogens is 398 g/mol. The zero-order valence-electron chi connectivity index (χ0n) is 18.0. The van der Waals surface area contributed by atoms with Crippen LogP contribution in [0.1, 0.15) is 30.2 Å². The van der Waals surface area contributed by atoms with Crippen LogP contribution >= 0.6 is 0 Å². The lowest BCUT2D eigenvalue weighted by Gasteiger charge is -2.22. The molecule has 3 rings (SSSR count). The van der Waals surface area contributed by atoms with Crippen LogP contribution in [0, 0.1) is 6.92 Å². The highest BCUT2D eigenvalue weighted by Gasteiger charge is 2.18. The molecule has 0 radical (unpaired) electrons. The second-order valence-electron chi connectivity index (χ2n) is 7.20. The number of rotatable bonds is 9. The maximum atomic E-state index is 12.5. The number of hydrogen-bond donors (Lipinski definition) is 1. The van der Waals surface area contributed by atoms with Gasteiger partial charge in [-0.25, -0.2) is 9.48 Å². The summed E-state index contributed by atoms with van der Waals surface area (Å²) in [6, 6.07) is 6.97. The zero-order valence-corrected chi connectivity index (χ0v) is 18.0. The summed E-state index contributed by atoms with van der Waals surface area (Å²) >= 11 is 0. The Kier molecular flexibility index (Phi) is 7.19. The molecule has 1 aromatic carbocycles. The summed E-state index contributed by atoms with van der Waals surface area (Å²) in [5.41, 5.74) is 3.26. The van der Waals surface area contributed by atoms with Crippen LogP contribution in [-0.4, -0.2) is 51.0 Å². The Morgan fingerprint density at radius 1 is 1.29 bits per heavy atom. The number of amides is 1. The van der Waals surface area contributed by atoms with Gasteiger partial charge in [-0.1, -0.05) is 19.1 Å². The van der Waals surface area contributed by atoms with Gasteiger partial charge in [-0.15, -0.1) is 0 Å². The molecule has 9 nitrogen and oxygen atoms in total. The van der Waals surface area contributed by atoms with E-state index in [0.717, 1.165) is 16.8 Å². The number of nitrogens with zero attached hydrogens (tertiary/aromatic N) is 5. The number of anilines is 1. The zero-order chi connectivity index (χ0) is 22.4. The number of hydrogen-bond acceptors (Lipinski definition) is 5. The molecule has 0 aliphatic carbocycles. The fourth-order valence-electron chi connectivity index (χ4n) is 3.37. The first kappa shape index (κ1) is 22.2. The van der Waals surface area contributed by atoms with E-state index >= 15 is 0 Å². The molecule has 0 atom stereocenters. The Hall–Kier alpha value is -3.46. The van der Waals surface area contributed by atoms with Crippen LogP contribution in [0.3, 0.4) is 0 Å². The van der Waals surface area contributed by atoms with Gasteiger partial charge in [-0.05, 0) is 30.5 Å². The van der Waals surface area contributed by atoms with Crippen LogP contribution < -0.4 is 10.3 Å². The maximum absolute atomic E-state index is 12.5. The van der Waals surface area contributed by atoms with Crippen molar-refractivity contribution in [2.75, 3.05) is 25.2 Å². The lowest BCUT2D eigenvalue weighted by molar-refractivity contribution is 0.183. The van der Waals surface area contributed by atoms with Gasteiger partial charge in [0.25, 0.3) is 0 Å². The van der Waals surface area contributed by atoms with E-state index in [1.54, 1.807) is 34.9 Å². The van der Waals surface area contributed by atoms with Gasteiger partial charge in [0, 0.05) is 32.3 Å². The second-order valence-corrected chi connectivity index (χ2v) is 7.20. The summed E-state index contributed by atoms with van der Waals surface area (Å²) in [4.78, 5) is 25.5. The van der Waals surface area contributed by atoms with Gasteiger partial charge >= 0.3 is 6.09 Å². The van der Waals surface area contributed by atoms with Crippen LogP contribution in [-0.2, 0) is 17.7 Å². The molecule has 164 valence electrons. The number of methoxy groups -OCH3 is 1. The fourth-order valence-corrected chi connectivity index (χ4v) is 3.37. The van der Waals surface area contributed by atoms with Crippen molar-refractivity contribution in [3.05, 3.63) is 69.9 Å². The van der Waals surface area contributed by atoms with Crippen LogP contribution in [0.25, 0.3) is 5.69 Å². The molecule has 0 aliphatic rings. The number of ether oxygens (including phenoxy) is 1. The fraction of sp³-hybridized carbons (Fsp3) is 0.364. The second kappa shape index (κ2) is 10.0. The van der Waals surface area contributed by atoms with Crippen LogP contribution in [0.15, 0.2) is 47.7 Å². The quantitative estimate of drug-likeness (QED) is 0.566. The van der Waals surface area contributed by atoms with Gasteiger partial charge in [-0.3, -0.25) is 14.4 Å². The minimum atomic E-state index is -0.993. The van der Waals surface area contributed by atoms with E-state index in [0.29, 0.717) is 43.9 Å². The molecule has 2 heterocycles. The van der Waals surface area contributed by atoms with Gasteiger partial charge in [0.2, 0.25) is 5.43 Å². The molecule has 2 aromatic heterocycles. The molecular formula is C22H27N5O4. The largest absolute Gasteiger partial charge is 0.465 e. The van der Waals surface area contributed by atoms with Crippen molar-refractivity contribution in [1.29, 1.82) is 0 Å². The normalized spacial score (nSPS) is 10.9. The minimum Gasteiger partial charge on any atom is -0.465 e. The number of carboxylic acid groups (broad SMARTS) is 1. The van der Waals surface area contributed by atoms with E-state index in [9.17, 15) is 14.7 Å². The molecule has 0 saturated carbocycles. The standard InChI is InChI=1S/C22H27N5O4/c1-4-9-26(22(29)30)20-7-5-6-17(16(20)2)13-19-21(28)8-10-27(24-19)18-14-23-25(15-18)11-12-31-3/h5-8,10,14-15H,4,9,11-13H2,1-3H3,(H,29,30). The van der Waals surface area contributed by atoms with Gasteiger partial charge in [0.15, 0.2) is 0 Å². The van der Waals surface area contributed by atoms with Gasteiger partial charge in [0.05, 0.1) is 31.2 Å². The van der Waals surface area contributed by atoms with Crippen molar-refractivity contribution in [1.82, 2.24) is 19.6 Å². The predicted molar refractivity (Wildman–Crippen MR) is 117 cm³/mol. The van der Waals surface area contributed by atoms with Crippen LogP contribution in [0.2, 0.25) is 0 Å². The molecule has 9 heteroatoms. The number of aromatic nitrogens is 4. The summed E-state index contributed by atoms with van der Waals surface area (Å²) in [5, 5.41) is 18.4. The average Bonchev–Trinajstić information content (AvgIpc) is 3.22. The first-order chi connectivity index (χ1) is 14.9. The Balaban J connectivity index is 1.90. The highest BCUT2D eigenvalue weighted by atomic mass is 16.5. The van der Waals surface area contributed by atoms with Gasteiger partial charge in [0.1, 0.15) is 11.4 Å². The smallest absolute Gasteiger partial charge is 0.411 e. The third-order valence-corrected chi connectivity index (χ3v) is 5.03. The van der Waals surface area contributed by atoms with E-state index in [1.165, 1.54) is 11.0 Å². The number of benzene rings is 1. The molecule has 1 amide bonds. The Bertz CT molecular complexity index is 1110. The summed E-state index contributed by atoms with van der Waals surface area (Å²) < 4.78 is 8.43.